The third-order valence-corrected chi connectivity index (χ3v) is 7.53. The number of nitrogens with zero attached hydrogens (tertiary/aromatic N) is 4. The number of piperidine rings is 2. The highest BCUT2D eigenvalue weighted by Gasteiger charge is 2.39. The van der Waals surface area contributed by atoms with Crippen molar-refractivity contribution < 1.29 is 9.53 Å². The van der Waals surface area contributed by atoms with Crippen LogP contribution in [0, 0.1) is 11.8 Å². The minimum atomic E-state index is -0.222. The van der Waals surface area contributed by atoms with E-state index in [9.17, 15) is 4.79 Å². The summed E-state index contributed by atoms with van der Waals surface area (Å²) in [5.41, 5.74) is 7.82. The number of amides is 1. The van der Waals surface area contributed by atoms with Crippen LogP contribution in [0.1, 0.15) is 57.7 Å². The Morgan fingerprint density at radius 3 is 2.58 bits per heavy atom. The van der Waals surface area contributed by atoms with Crippen LogP contribution in [0.5, 0.6) is 0 Å². The summed E-state index contributed by atoms with van der Waals surface area (Å²) < 4.78 is 5.26. The summed E-state index contributed by atoms with van der Waals surface area (Å²) in [6.07, 6.45) is 11.4. The Morgan fingerprint density at radius 1 is 1.14 bits per heavy atom. The largest absolute Gasteiger partial charge is 0.505 e. The molecule has 2 aliphatic heterocycles. The van der Waals surface area contributed by atoms with Crippen molar-refractivity contribution in [2.75, 3.05) is 39.0 Å². The zero-order valence-electron chi connectivity index (χ0n) is 22.4. The number of pyridine rings is 2. The zero-order chi connectivity index (χ0) is 26.0. The van der Waals surface area contributed by atoms with Gasteiger partial charge in [-0.15, -0.1) is 0 Å². The van der Waals surface area contributed by atoms with Crippen molar-refractivity contribution in [1.29, 1.82) is 0 Å². The number of nitrogen functional groups attached to an aromatic ring is 1. The van der Waals surface area contributed by atoms with Gasteiger partial charge in [-0.2, -0.15) is 0 Å². The summed E-state index contributed by atoms with van der Waals surface area (Å²) in [6.45, 7) is 10.5. The van der Waals surface area contributed by atoms with E-state index < -0.39 is 0 Å². The molecular formula is C29H43N5O2. The lowest BCUT2D eigenvalue weighted by Gasteiger charge is -2.42. The fourth-order valence-electron chi connectivity index (χ4n) is 5.53. The monoisotopic (exact) mass is 493 g/mol. The Hall–Kier alpha value is -2.93. The van der Waals surface area contributed by atoms with Crippen molar-refractivity contribution in [3.63, 3.8) is 0 Å². The van der Waals surface area contributed by atoms with Crippen LogP contribution in [0.2, 0.25) is 0 Å². The average Bonchev–Trinajstić information content (AvgIpc) is 2.93. The first kappa shape index (κ1) is 27.7. The summed E-state index contributed by atoms with van der Waals surface area (Å²) in [6, 6.07) is 10.00. The number of rotatable bonds is 7. The van der Waals surface area contributed by atoms with Crippen molar-refractivity contribution in [3.05, 3.63) is 66.3 Å². The second-order valence-electron chi connectivity index (χ2n) is 9.80. The molecule has 36 heavy (non-hydrogen) atoms. The lowest BCUT2D eigenvalue weighted by molar-refractivity contribution is -0.139. The first-order valence-electron chi connectivity index (χ1n) is 13.3. The first-order valence-corrected chi connectivity index (χ1v) is 13.3. The van der Waals surface area contributed by atoms with Crippen molar-refractivity contribution in [2.24, 2.45) is 11.8 Å². The molecule has 2 fully saturated rings. The van der Waals surface area contributed by atoms with Crippen LogP contribution >= 0.6 is 0 Å². The van der Waals surface area contributed by atoms with Gasteiger partial charge < -0.3 is 15.4 Å². The van der Waals surface area contributed by atoms with E-state index >= 15 is 0 Å². The maximum Gasteiger partial charge on any atom is 0.226 e. The average molecular weight is 494 g/mol. The van der Waals surface area contributed by atoms with E-state index in [1.807, 2.05) is 44.3 Å². The number of carbonyl (C=O) groups is 1. The zero-order valence-corrected chi connectivity index (χ0v) is 22.4. The molecule has 7 nitrogen and oxygen atoms in total. The maximum absolute atomic E-state index is 13.4. The number of ether oxygens (including phenoxy) is 1. The minimum absolute atomic E-state index is 0.0695. The number of methoxy groups -OCH3 is 1. The number of anilines is 1. The standard InChI is InChI=1S/C27H37N5O2.C2H6/c1-27(11-17-34-2,24-7-3-4-12-29-24)23-9-15-32(16-10-23)26(33)22-6-5-14-31(20-22)19-21-8-13-30-25(28)18-21;1-2/h3-4,7-8,11-13,17-18,22-23H,5-6,9-10,14-16,19-20H2,1-2H3,(H2,28,30);1-2H3/b17-11+;. The van der Waals surface area contributed by atoms with E-state index in [4.69, 9.17) is 10.5 Å². The Balaban J connectivity index is 0.00000176. The van der Waals surface area contributed by atoms with Gasteiger partial charge in [-0.25, -0.2) is 4.98 Å². The molecule has 2 unspecified atom stereocenters. The molecule has 2 aromatic rings. The predicted molar refractivity (Wildman–Crippen MR) is 145 cm³/mol. The first-order chi connectivity index (χ1) is 17.5. The number of likely N-dealkylation sites (tertiary alicyclic amines) is 2. The quantitative estimate of drug-likeness (QED) is 0.565. The highest BCUT2D eigenvalue weighted by Crippen LogP contribution is 2.39. The Bertz CT molecular complexity index is 975. The van der Waals surface area contributed by atoms with Crippen LogP contribution in [0.3, 0.4) is 0 Å². The van der Waals surface area contributed by atoms with Gasteiger partial charge >= 0.3 is 0 Å². The van der Waals surface area contributed by atoms with E-state index in [1.165, 1.54) is 0 Å². The number of nitrogens with two attached hydrogens (primary N) is 1. The van der Waals surface area contributed by atoms with Gasteiger partial charge in [0.1, 0.15) is 5.82 Å². The fourth-order valence-corrected chi connectivity index (χ4v) is 5.53. The van der Waals surface area contributed by atoms with Crippen LogP contribution in [0.15, 0.2) is 55.1 Å². The SMILES string of the molecule is CC.CO/C=C/C(C)(c1ccccn1)C1CCN(C(=O)C2CCCN(Cc3ccnc(N)c3)C2)CC1. The van der Waals surface area contributed by atoms with Gasteiger partial charge in [-0.1, -0.05) is 26.8 Å². The second-order valence-corrected chi connectivity index (χ2v) is 9.80. The number of hydrogen-bond donors (Lipinski definition) is 1. The van der Waals surface area contributed by atoms with E-state index in [0.717, 1.165) is 69.7 Å². The molecule has 196 valence electrons. The second kappa shape index (κ2) is 13.4. The number of hydrogen-bond acceptors (Lipinski definition) is 6. The van der Waals surface area contributed by atoms with E-state index in [2.05, 4.69) is 38.8 Å². The molecular weight excluding hydrogens is 450 g/mol. The van der Waals surface area contributed by atoms with Crippen LogP contribution in [-0.2, 0) is 21.5 Å². The molecule has 0 aliphatic carbocycles. The van der Waals surface area contributed by atoms with E-state index in [0.29, 0.717) is 17.6 Å². The molecule has 2 aromatic heterocycles. The molecule has 2 atom stereocenters. The van der Waals surface area contributed by atoms with Crippen molar-refractivity contribution in [1.82, 2.24) is 19.8 Å². The van der Waals surface area contributed by atoms with Crippen molar-refractivity contribution >= 4 is 11.7 Å². The third-order valence-electron chi connectivity index (χ3n) is 7.53. The molecule has 2 saturated heterocycles. The summed E-state index contributed by atoms with van der Waals surface area (Å²) >= 11 is 0. The highest BCUT2D eigenvalue weighted by molar-refractivity contribution is 5.79. The fraction of sp³-hybridized carbons (Fsp3) is 0.552. The molecule has 0 bridgehead atoms. The molecule has 0 saturated carbocycles. The summed E-state index contributed by atoms with van der Waals surface area (Å²) in [7, 11) is 1.67. The van der Waals surface area contributed by atoms with Gasteiger partial charge in [-0.3, -0.25) is 14.7 Å². The van der Waals surface area contributed by atoms with E-state index in [1.54, 1.807) is 19.6 Å². The Labute approximate surface area is 216 Å². The molecule has 2 N–H and O–H groups in total. The number of aromatic nitrogens is 2. The summed E-state index contributed by atoms with van der Waals surface area (Å²) in [5.74, 6) is 1.32. The van der Waals surface area contributed by atoms with Gasteiger partial charge in [0.05, 0.1) is 25.0 Å². The topological polar surface area (TPSA) is 84.6 Å². The molecule has 4 heterocycles. The molecule has 0 spiro atoms. The normalized spacial score (nSPS) is 20.9. The van der Waals surface area contributed by atoms with Gasteiger partial charge in [-0.05, 0) is 74.1 Å². The molecule has 1 amide bonds. The molecule has 4 rings (SSSR count). The van der Waals surface area contributed by atoms with Gasteiger partial charge in [0.25, 0.3) is 0 Å². The number of carbonyl (C=O) groups excluding carboxylic acids is 1. The van der Waals surface area contributed by atoms with E-state index in [-0.39, 0.29) is 11.3 Å². The molecule has 0 radical (unpaired) electrons. The highest BCUT2D eigenvalue weighted by atomic mass is 16.5. The lowest BCUT2D eigenvalue weighted by Crippen LogP contribution is -2.49. The van der Waals surface area contributed by atoms with Crippen LogP contribution in [0.25, 0.3) is 0 Å². The van der Waals surface area contributed by atoms with Gasteiger partial charge in [0.2, 0.25) is 5.91 Å². The number of allylic oxidation sites excluding steroid dienone is 1. The third kappa shape index (κ3) is 6.84. The summed E-state index contributed by atoms with van der Waals surface area (Å²) in [4.78, 5) is 26.6. The Kier molecular flexibility index (Phi) is 10.3. The minimum Gasteiger partial charge on any atom is -0.505 e. The van der Waals surface area contributed by atoms with Gasteiger partial charge in [0.15, 0.2) is 0 Å². The summed E-state index contributed by atoms with van der Waals surface area (Å²) in [5, 5.41) is 0. The predicted octanol–water partition coefficient (Wildman–Crippen LogP) is 4.65. The smallest absolute Gasteiger partial charge is 0.226 e. The van der Waals surface area contributed by atoms with Crippen LogP contribution < -0.4 is 5.73 Å². The molecule has 0 aromatic carbocycles. The molecule has 2 aliphatic rings. The van der Waals surface area contributed by atoms with Crippen molar-refractivity contribution in [2.45, 2.75) is 58.4 Å². The maximum atomic E-state index is 13.4. The lowest BCUT2D eigenvalue weighted by atomic mass is 9.70. The van der Waals surface area contributed by atoms with Gasteiger partial charge in [0, 0.05) is 44.0 Å². The van der Waals surface area contributed by atoms with Crippen molar-refractivity contribution in [3.8, 4) is 0 Å². The van der Waals surface area contributed by atoms with Crippen LogP contribution in [-0.4, -0.2) is 59.0 Å². The molecule has 7 heteroatoms. The van der Waals surface area contributed by atoms with Crippen LogP contribution in [0.4, 0.5) is 5.82 Å². The Morgan fingerprint density at radius 2 is 1.92 bits per heavy atom.